The molecule has 0 spiro atoms. The molecule has 2 unspecified atom stereocenters. The van der Waals surface area contributed by atoms with Gasteiger partial charge >= 0.3 is 0 Å². The molecule has 0 saturated heterocycles. The molecule has 2 atom stereocenters. The lowest BCUT2D eigenvalue weighted by Gasteiger charge is -2.16. The van der Waals surface area contributed by atoms with Crippen LogP contribution in [0.5, 0.6) is 5.75 Å². The molecular formula is C23H20Cl4N2O2S. The summed E-state index contributed by atoms with van der Waals surface area (Å²) in [5, 5.41) is 1.48. The molecule has 1 heterocycles. The van der Waals surface area contributed by atoms with E-state index in [1.807, 2.05) is 37.3 Å². The standard InChI is InChI=1S/C23H20Cl4N2O2S/c1-3-17(29-32(30)22-9-8-16(25)11-19(22)26)12-20(27)23(14(2)24)31-18-10-15-6-4-5-7-21(15)28-13-18/h4-14,29H,3H2,1-2H3/b17-12+,23-20-. The van der Waals surface area contributed by atoms with Crippen molar-refractivity contribution in [1.82, 2.24) is 9.71 Å². The van der Waals surface area contributed by atoms with E-state index in [1.165, 1.54) is 0 Å². The minimum absolute atomic E-state index is 0.282. The lowest BCUT2D eigenvalue weighted by Crippen LogP contribution is -2.23. The molecule has 2 aromatic carbocycles. The first-order valence-electron chi connectivity index (χ1n) is 9.69. The van der Waals surface area contributed by atoms with Gasteiger partial charge in [0.25, 0.3) is 0 Å². The largest absolute Gasteiger partial charge is 0.588 e. The number of rotatable bonds is 8. The third-order valence-electron chi connectivity index (χ3n) is 4.39. The van der Waals surface area contributed by atoms with Gasteiger partial charge in [-0.25, -0.2) is 4.72 Å². The second kappa shape index (κ2) is 11.5. The third kappa shape index (κ3) is 6.47. The summed E-state index contributed by atoms with van der Waals surface area (Å²) in [6, 6.07) is 14.4. The minimum atomic E-state index is -1.60. The lowest BCUT2D eigenvalue weighted by atomic mass is 10.2. The SMILES string of the molecule is CC/C(=C\C(Cl)=C(\Oc1cnc2ccccc2c1)C(C)Cl)N[S+]([O-])c1ccc(Cl)cc1Cl. The van der Waals surface area contributed by atoms with E-state index < -0.39 is 16.7 Å². The summed E-state index contributed by atoms with van der Waals surface area (Å²) >= 11 is 23.4. The molecule has 9 heteroatoms. The summed E-state index contributed by atoms with van der Waals surface area (Å²) in [6.45, 7) is 3.66. The van der Waals surface area contributed by atoms with Gasteiger partial charge in [-0.05, 0) is 49.8 Å². The Bertz CT molecular complexity index is 1170. The molecular weight excluding hydrogens is 510 g/mol. The van der Waals surface area contributed by atoms with E-state index in [4.69, 9.17) is 51.1 Å². The van der Waals surface area contributed by atoms with Crippen LogP contribution in [0.1, 0.15) is 20.3 Å². The van der Waals surface area contributed by atoms with Gasteiger partial charge in [-0.3, -0.25) is 4.98 Å². The number of para-hydroxylation sites is 1. The van der Waals surface area contributed by atoms with Crippen LogP contribution >= 0.6 is 46.4 Å². The van der Waals surface area contributed by atoms with Gasteiger partial charge in [0.15, 0.2) is 4.90 Å². The topological polar surface area (TPSA) is 57.2 Å². The number of hydrogen-bond acceptors (Lipinski definition) is 4. The zero-order chi connectivity index (χ0) is 23.3. The minimum Gasteiger partial charge on any atom is -0.588 e. The monoisotopic (exact) mass is 528 g/mol. The zero-order valence-corrected chi connectivity index (χ0v) is 21.1. The molecule has 32 heavy (non-hydrogen) atoms. The van der Waals surface area contributed by atoms with Gasteiger partial charge in [-0.1, -0.05) is 59.9 Å². The van der Waals surface area contributed by atoms with Crippen molar-refractivity contribution in [3.8, 4) is 5.75 Å². The van der Waals surface area contributed by atoms with Gasteiger partial charge < -0.3 is 9.29 Å². The molecule has 168 valence electrons. The molecule has 1 N–H and O–H groups in total. The van der Waals surface area contributed by atoms with Crippen molar-refractivity contribution in [3.05, 3.63) is 87.3 Å². The van der Waals surface area contributed by atoms with Crippen molar-refractivity contribution >= 4 is 68.7 Å². The summed E-state index contributed by atoms with van der Waals surface area (Å²) in [5.41, 5.74) is 1.48. The quantitative estimate of drug-likeness (QED) is 0.141. The van der Waals surface area contributed by atoms with Crippen LogP contribution in [0.25, 0.3) is 10.9 Å². The normalized spacial score (nSPS) is 14.7. The first kappa shape index (κ1) is 25.0. The Labute approximate surface area is 210 Å². The Kier molecular flexibility index (Phi) is 9.00. The van der Waals surface area contributed by atoms with Crippen molar-refractivity contribution in [2.24, 2.45) is 0 Å². The maximum absolute atomic E-state index is 12.8. The van der Waals surface area contributed by atoms with Crippen molar-refractivity contribution in [1.29, 1.82) is 0 Å². The maximum atomic E-state index is 12.8. The highest BCUT2D eigenvalue weighted by Gasteiger charge is 2.19. The number of aromatic nitrogens is 1. The molecule has 4 nitrogen and oxygen atoms in total. The van der Waals surface area contributed by atoms with E-state index >= 15 is 0 Å². The molecule has 0 fully saturated rings. The Morgan fingerprint density at radius 3 is 2.66 bits per heavy atom. The number of fused-ring (bicyclic) bond motifs is 1. The van der Waals surface area contributed by atoms with Crippen LogP contribution in [0.4, 0.5) is 0 Å². The fraction of sp³-hybridized carbons (Fsp3) is 0.174. The Morgan fingerprint density at radius 2 is 1.97 bits per heavy atom. The summed E-state index contributed by atoms with van der Waals surface area (Å²) in [6.07, 6.45) is 3.80. The van der Waals surface area contributed by atoms with Crippen LogP contribution in [0.15, 0.2) is 82.2 Å². The molecule has 0 aliphatic carbocycles. The number of benzene rings is 2. The molecule has 0 amide bonds. The summed E-state index contributed by atoms with van der Waals surface area (Å²) in [7, 11) is 0. The molecule has 0 saturated carbocycles. The van der Waals surface area contributed by atoms with Crippen LogP contribution in [-0.4, -0.2) is 14.9 Å². The molecule has 3 aromatic rings. The van der Waals surface area contributed by atoms with Gasteiger partial charge in [0, 0.05) is 10.4 Å². The fourth-order valence-electron chi connectivity index (χ4n) is 2.78. The van der Waals surface area contributed by atoms with E-state index in [1.54, 1.807) is 37.4 Å². The van der Waals surface area contributed by atoms with Crippen LogP contribution in [-0.2, 0) is 11.4 Å². The number of allylic oxidation sites excluding steroid dienone is 4. The fourth-order valence-corrected chi connectivity index (χ4v) is 4.93. The van der Waals surface area contributed by atoms with Crippen LogP contribution < -0.4 is 9.46 Å². The van der Waals surface area contributed by atoms with Crippen molar-refractivity contribution < 1.29 is 9.29 Å². The molecule has 3 rings (SSSR count). The summed E-state index contributed by atoms with van der Waals surface area (Å²) in [4.78, 5) is 4.81. The van der Waals surface area contributed by atoms with Crippen LogP contribution in [0.2, 0.25) is 10.0 Å². The van der Waals surface area contributed by atoms with Gasteiger partial charge in [0.2, 0.25) is 0 Å². The predicted molar refractivity (Wildman–Crippen MR) is 135 cm³/mol. The molecule has 0 aliphatic heterocycles. The smallest absolute Gasteiger partial charge is 0.198 e. The summed E-state index contributed by atoms with van der Waals surface area (Å²) in [5.74, 6) is 0.869. The number of pyridine rings is 1. The van der Waals surface area contributed by atoms with E-state index in [9.17, 15) is 4.55 Å². The lowest BCUT2D eigenvalue weighted by molar-refractivity contribution is 0.409. The van der Waals surface area contributed by atoms with Gasteiger partial charge in [-0.15, -0.1) is 11.6 Å². The molecule has 0 bridgehead atoms. The van der Waals surface area contributed by atoms with Gasteiger partial charge in [-0.2, -0.15) is 0 Å². The maximum Gasteiger partial charge on any atom is 0.198 e. The third-order valence-corrected chi connectivity index (χ3v) is 6.75. The first-order chi connectivity index (χ1) is 15.3. The zero-order valence-electron chi connectivity index (χ0n) is 17.2. The van der Waals surface area contributed by atoms with E-state index in [2.05, 4.69) is 9.71 Å². The first-order valence-corrected chi connectivity index (χ1v) is 12.4. The van der Waals surface area contributed by atoms with Crippen molar-refractivity contribution in [2.75, 3.05) is 0 Å². The van der Waals surface area contributed by atoms with Crippen LogP contribution in [0.3, 0.4) is 0 Å². The van der Waals surface area contributed by atoms with E-state index in [0.29, 0.717) is 38.6 Å². The average Bonchev–Trinajstić information content (AvgIpc) is 2.76. The number of halogens is 4. The summed E-state index contributed by atoms with van der Waals surface area (Å²) < 4.78 is 21.7. The molecule has 0 radical (unpaired) electrons. The highest BCUT2D eigenvalue weighted by molar-refractivity contribution is 7.89. The number of alkyl halides is 1. The highest BCUT2D eigenvalue weighted by Crippen LogP contribution is 2.28. The number of hydrogen-bond donors (Lipinski definition) is 1. The molecule has 0 aliphatic rings. The highest BCUT2D eigenvalue weighted by atomic mass is 35.5. The molecule has 1 aromatic heterocycles. The predicted octanol–water partition coefficient (Wildman–Crippen LogP) is 7.60. The second-order valence-corrected chi connectivity index (χ2v) is 9.85. The number of nitrogens with zero attached hydrogens (tertiary/aromatic N) is 1. The number of ether oxygens (including phenoxy) is 1. The van der Waals surface area contributed by atoms with E-state index in [-0.39, 0.29) is 5.03 Å². The van der Waals surface area contributed by atoms with Crippen molar-refractivity contribution in [2.45, 2.75) is 30.5 Å². The Morgan fingerprint density at radius 1 is 1.22 bits per heavy atom. The second-order valence-electron chi connectivity index (χ2n) is 6.76. The van der Waals surface area contributed by atoms with E-state index in [0.717, 1.165) is 10.9 Å². The Balaban J connectivity index is 1.85. The van der Waals surface area contributed by atoms with Crippen LogP contribution in [0, 0.1) is 0 Å². The average molecular weight is 530 g/mol. The number of nitrogens with one attached hydrogen (secondary N) is 1. The van der Waals surface area contributed by atoms with Crippen molar-refractivity contribution in [3.63, 3.8) is 0 Å². The Hall–Kier alpha value is -1.60. The van der Waals surface area contributed by atoms with Gasteiger partial charge in [0.1, 0.15) is 22.9 Å². The van der Waals surface area contributed by atoms with Gasteiger partial charge in [0.05, 0.1) is 32.8 Å².